The summed E-state index contributed by atoms with van der Waals surface area (Å²) < 4.78 is 5.16. The molecule has 88 valence electrons. The summed E-state index contributed by atoms with van der Waals surface area (Å²) in [5.74, 6) is -0.249. The molecule has 0 fully saturated rings. The van der Waals surface area contributed by atoms with Crippen LogP contribution in [0.3, 0.4) is 0 Å². The summed E-state index contributed by atoms with van der Waals surface area (Å²) in [5, 5.41) is 0. The molecule has 0 saturated heterocycles. The molecule has 2 nitrogen and oxygen atoms in total. The predicted octanol–water partition coefficient (Wildman–Crippen LogP) is 3.55. The minimum atomic E-state index is -0.249. The van der Waals surface area contributed by atoms with E-state index in [1.54, 1.807) is 6.07 Å². The summed E-state index contributed by atoms with van der Waals surface area (Å²) in [7, 11) is 0. The molecule has 0 radical (unpaired) electrons. The molecule has 1 aromatic rings. The van der Waals surface area contributed by atoms with Crippen molar-refractivity contribution in [2.45, 2.75) is 46.1 Å². The van der Waals surface area contributed by atoms with Crippen molar-refractivity contribution in [3.8, 4) is 0 Å². The van der Waals surface area contributed by atoms with Crippen molar-refractivity contribution in [1.29, 1.82) is 0 Å². The van der Waals surface area contributed by atoms with Gasteiger partial charge in [-0.15, -0.1) is 0 Å². The number of hydrogen-bond donors (Lipinski definition) is 0. The van der Waals surface area contributed by atoms with Gasteiger partial charge < -0.3 is 4.74 Å². The summed E-state index contributed by atoms with van der Waals surface area (Å²) in [6, 6.07) is 7.63. The van der Waals surface area contributed by atoms with Gasteiger partial charge in [0.05, 0.1) is 11.7 Å². The summed E-state index contributed by atoms with van der Waals surface area (Å²) in [4.78, 5) is 11.7. The molecule has 16 heavy (non-hydrogen) atoms. The molecule has 1 aromatic carbocycles. The number of carbonyl (C=O) groups is 1. The number of esters is 1. The molecule has 0 atom stereocenters. The molecule has 0 spiro atoms. The van der Waals surface area contributed by atoms with Crippen LogP contribution in [-0.4, -0.2) is 12.1 Å². The molecule has 0 heterocycles. The molecule has 0 unspecified atom stereocenters. The van der Waals surface area contributed by atoms with Crippen LogP contribution in [-0.2, 0) is 10.2 Å². The Morgan fingerprint density at radius 2 is 1.88 bits per heavy atom. The zero-order valence-corrected chi connectivity index (χ0v) is 10.7. The number of carbonyl (C=O) groups excluding carboxylic acids is 1. The lowest BCUT2D eigenvalue weighted by molar-refractivity contribution is 0.0378. The van der Waals surface area contributed by atoms with Crippen molar-refractivity contribution in [3.63, 3.8) is 0 Å². The van der Waals surface area contributed by atoms with Crippen molar-refractivity contribution in [1.82, 2.24) is 0 Å². The van der Waals surface area contributed by atoms with Gasteiger partial charge in [-0.2, -0.15) is 0 Å². The maximum Gasteiger partial charge on any atom is 0.338 e. The second kappa shape index (κ2) is 4.69. The third-order valence-corrected chi connectivity index (χ3v) is 2.31. The lowest BCUT2D eigenvalue weighted by atomic mass is 9.86. The highest BCUT2D eigenvalue weighted by Crippen LogP contribution is 2.23. The molecule has 0 aliphatic carbocycles. The van der Waals surface area contributed by atoms with Crippen LogP contribution in [0.15, 0.2) is 24.3 Å². The van der Waals surface area contributed by atoms with E-state index in [1.165, 1.54) is 0 Å². The Bertz CT molecular complexity index is 373. The van der Waals surface area contributed by atoms with Crippen LogP contribution in [0.5, 0.6) is 0 Å². The van der Waals surface area contributed by atoms with E-state index in [-0.39, 0.29) is 17.5 Å². The van der Waals surface area contributed by atoms with Crippen molar-refractivity contribution >= 4 is 5.97 Å². The molecule has 2 heteroatoms. The van der Waals surface area contributed by atoms with Crippen LogP contribution in [0.25, 0.3) is 0 Å². The fourth-order valence-corrected chi connectivity index (χ4v) is 1.39. The van der Waals surface area contributed by atoms with Crippen molar-refractivity contribution < 1.29 is 9.53 Å². The number of ether oxygens (including phenoxy) is 1. The van der Waals surface area contributed by atoms with Crippen LogP contribution < -0.4 is 0 Å². The maximum absolute atomic E-state index is 11.7. The van der Waals surface area contributed by atoms with Crippen LogP contribution in [0.4, 0.5) is 0 Å². The lowest BCUT2D eigenvalue weighted by Crippen LogP contribution is -2.15. The highest BCUT2D eigenvalue weighted by Gasteiger charge is 2.16. The molecule has 0 aromatic heterocycles. The Balaban J connectivity index is 2.95. The highest BCUT2D eigenvalue weighted by atomic mass is 16.5. The minimum absolute atomic E-state index is 0.0497. The summed E-state index contributed by atoms with van der Waals surface area (Å²) >= 11 is 0. The van der Waals surface area contributed by atoms with Gasteiger partial charge in [0, 0.05) is 0 Å². The Morgan fingerprint density at radius 1 is 1.25 bits per heavy atom. The zero-order valence-electron chi connectivity index (χ0n) is 10.7. The quantitative estimate of drug-likeness (QED) is 0.712. The highest BCUT2D eigenvalue weighted by molar-refractivity contribution is 5.89. The molecule has 0 amide bonds. The van der Waals surface area contributed by atoms with Crippen LogP contribution in [0.2, 0.25) is 0 Å². The number of hydrogen-bond acceptors (Lipinski definition) is 2. The van der Waals surface area contributed by atoms with Gasteiger partial charge in [-0.1, -0.05) is 32.9 Å². The average Bonchev–Trinajstić information content (AvgIpc) is 2.15. The third kappa shape index (κ3) is 3.37. The second-order valence-electron chi connectivity index (χ2n) is 5.28. The van der Waals surface area contributed by atoms with Crippen LogP contribution in [0.1, 0.15) is 50.5 Å². The predicted molar refractivity (Wildman–Crippen MR) is 65.7 cm³/mol. The lowest BCUT2D eigenvalue weighted by Gasteiger charge is -2.19. The first-order valence-corrected chi connectivity index (χ1v) is 5.62. The van der Waals surface area contributed by atoms with E-state index in [9.17, 15) is 4.79 Å². The number of benzene rings is 1. The Labute approximate surface area is 97.6 Å². The van der Waals surface area contributed by atoms with Gasteiger partial charge in [-0.3, -0.25) is 0 Å². The van der Waals surface area contributed by atoms with E-state index >= 15 is 0 Å². The standard InChI is InChI=1S/C14H20O2/c1-10(2)16-13(15)11-7-6-8-12(9-11)14(3,4)5/h6-10H,1-5H3. The van der Waals surface area contributed by atoms with Crippen molar-refractivity contribution in [3.05, 3.63) is 35.4 Å². The van der Waals surface area contributed by atoms with Crippen LogP contribution in [0, 0.1) is 0 Å². The van der Waals surface area contributed by atoms with E-state index in [2.05, 4.69) is 20.8 Å². The zero-order chi connectivity index (χ0) is 12.3. The van der Waals surface area contributed by atoms with Gasteiger partial charge in [0.15, 0.2) is 0 Å². The first-order chi connectivity index (χ1) is 7.30. The maximum atomic E-state index is 11.7. The smallest absolute Gasteiger partial charge is 0.338 e. The average molecular weight is 220 g/mol. The molecule has 0 aliphatic heterocycles. The van der Waals surface area contributed by atoms with Gasteiger partial charge in [0.1, 0.15) is 0 Å². The Morgan fingerprint density at radius 3 is 2.38 bits per heavy atom. The van der Waals surface area contributed by atoms with E-state index in [4.69, 9.17) is 4.74 Å². The van der Waals surface area contributed by atoms with Crippen LogP contribution >= 0.6 is 0 Å². The molecule has 0 N–H and O–H groups in total. The van der Waals surface area contributed by atoms with Gasteiger partial charge in [-0.05, 0) is 37.0 Å². The van der Waals surface area contributed by atoms with Gasteiger partial charge >= 0.3 is 5.97 Å². The first-order valence-electron chi connectivity index (χ1n) is 5.62. The largest absolute Gasteiger partial charge is 0.459 e. The monoisotopic (exact) mass is 220 g/mol. The van der Waals surface area contributed by atoms with Crippen molar-refractivity contribution in [2.24, 2.45) is 0 Å². The molecule has 0 bridgehead atoms. The van der Waals surface area contributed by atoms with Gasteiger partial charge in [-0.25, -0.2) is 4.79 Å². The summed E-state index contributed by atoms with van der Waals surface area (Å²) in [6.45, 7) is 10.1. The van der Waals surface area contributed by atoms with E-state index in [1.807, 2.05) is 32.0 Å². The normalized spacial score (nSPS) is 11.6. The first kappa shape index (κ1) is 12.8. The fourth-order valence-electron chi connectivity index (χ4n) is 1.39. The number of rotatable bonds is 2. The molecule has 0 saturated carbocycles. The van der Waals surface area contributed by atoms with E-state index < -0.39 is 0 Å². The minimum Gasteiger partial charge on any atom is -0.459 e. The van der Waals surface area contributed by atoms with E-state index in [0.717, 1.165) is 5.56 Å². The summed E-state index contributed by atoms with van der Waals surface area (Å²) in [6.07, 6.45) is -0.0780. The molecule has 0 aliphatic rings. The second-order valence-corrected chi connectivity index (χ2v) is 5.28. The SMILES string of the molecule is CC(C)OC(=O)c1cccc(C(C)(C)C)c1. The summed E-state index contributed by atoms with van der Waals surface area (Å²) in [5.41, 5.74) is 1.82. The Kier molecular flexibility index (Phi) is 3.74. The molecule has 1 rings (SSSR count). The van der Waals surface area contributed by atoms with E-state index in [0.29, 0.717) is 5.56 Å². The van der Waals surface area contributed by atoms with Gasteiger partial charge in [0.25, 0.3) is 0 Å². The molecular weight excluding hydrogens is 200 g/mol. The fraction of sp³-hybridized carbons (Fsp3) is 0.500. The third-order valence-electron chi connectivity index (χ3n) is 2.31. The Hall–Kier alpha value is -1.31. The molecular formula is C14H20O2. The van der Waals surface area contributed by atoms with Crippen molar-refractivity contribution in [2.75, 3.05) is 0 Å². The topological polar surface area (TPSA) is 26.3 Å². The van der Waals surface area contributed by atoms with Gasteiger partial charge in [0.2, 0.25) is 0 Å².